The van der Waals surface area contributed by atoms with Crippen molar-refractivity contribution in [2.24, 2.45) is 0 Å². The molecule has 0 N–H and O–H groups in total. The SMILES string of the molecule is N#Cc1nccc(N2C(=O)C3(CCC3)N(c3ccc(OCCCCSCCCC(F)(F)C(F)(F)F)c(F)c3)C2=S)c1C(F)(F)F. The van der Waals surface area contributed by atoms with Crippen molar-refractivity contribution in [1.82, 2.24) is 4.98 Å². The number of rotatable bonds is 12. The summed E-state index contributed by atoms with van der Waals surface area (Å²) >= 11 is 6.70. The summed E-state index contributed by atoms with van der Waals surface area (Å²) in [6.07, 6.45) is -9.15. The first-order chi connectivity index (χ1) is 21.0. The van der Waals surface area contributed by atoms with Gasteiger partial charge in [0.2, 0.25) is 0 Å². The number of unbranched alkanes of at least 4 members (excludes halogenated alkanes) is 1. The van der Waals surface area contributed by atoms with E-state index in [1.807, 2.05) is 0 Å². The molecule has 17 heteroatoms. The van der Waals surface area contributed by atoms with Crippen molar-refractivity contribution in [2.75, 3.05) is 27.9 Å². The van der Waals surface area contributed by atoms with E-state index in [1.54, 1.807) is 0 Å². The number of halogens is 9. The molecular formula is C28H25F9N4O2S2. The Labute approximate surface area is 261 Å². The zero-order chi connectivity index (χ0) is 33.2. The number of anilines is 2. The van der Waals surface area contributed by atoms with E-state index in [1.165, 1.54) is 34.9 Å². The molecule has 0 radical (unpaired) electrons. The van der Waals surface area contributed by atoms with Gasteiger partial charge >= 0.3 is 18.3 Å². The third kappa shape index (κ3) is 6.96. The quantitative estimate of drug-likeness (QED) is 0.127. The monoisotopic (exact) mass is 684 g/mol. The van der Waals surface area contributed by atoms with Gasteiger partial charge in [0.05, 0.1) is 12.3 Å². The highest BCUT2D eigenvalue weighted by molar-refractivity contribution is 7.99. The molecule has 1 aliphatic heterocycles. The second-order valence-electron chi connectivity index (χ2n) is 10.4. The number of pyridine rings is 1. The van der Waals surface area contributed by atoms with Gasteiger partial charge in [0.15, 0.2) is 22.4 Å². The Morgan fingerprint density at radius 1 is 1.04 bits per heavy atom. The number of hydrogen-bond donors (Lipinski definition) is 0. The van der Waals surface area contributed by atoms with Crippen LogP contribution < -0.4 is 14.5 Å². The second kappa shape index (κ2) is 13.2. The molecule has 2 fully saturated rings. The Kier molecular flexibility index (Phi) is 10.2. The summed E-state index contributed by atoms with van der Waals surface area (Å²) in [5.41, 5.74) is -4.18. The lowest BCUT2D eigenvalue weighted by molar-refractivity contribution is -0.284. The summed E-state index contributed by atoms with van der Waals surface area (Å²) < 4.78 is 125. The Hall–Kier alpha value is -3.26. The smallest absolute Gasteiger partial charge is 0.453 e. The first-order valence-electron chi connectivity index (χ1n) is 13.6. The van der Waals surface area contributed by atoms with E-state index in [0.717, 1.165) is 23.2 Å². The molecule has 1 aliphatic carbocycles. The first kappa shape index (κ1) is 34.6. The molecule has 0 bridgehead atoms. The van der Waals surface area contributed by atoms with Crippen LogP contribution in [0.25, 0.3) is 0 Å². The fourth-order valence-corrected chi connectivity index (χ4v) is 6.49. The van der Waals surface area contributed by atoms with E-state index < -0.39 is 58.9 Å². The van der Waals surface area contributed by atoms with Crippen LogP contribution in [0.2, 0.25) is 0 Å². The largest absolute Gasteiger partial charge is 0.491 e. The summed E-state index contributed by atoms with van der Waals surface area (Å²) in [6, 6.07) is 6.12. The predicted molar refractivity (Wildman–Crippen MR) is 152 cm³/mol. The van der Waals surface area contributed by atoms with Gasteiger partial charge in [-0.05, 0) is 80.4 Å². The Bertz CT molecular complexity index is 1470. The minimum absolute atomic E-state index is 0.0742. The summed E-state index contributed by atoms with van der Waals surface area (Å²) in [7, 11) is 0. The average Bonchev–Trinajstić information content (AvgIpc) is 3.17. The zero-order valence-corrected chi connectivity index (χ0v) is 24.9. The summed E-state index contributed by atoms with van der Waals surface area (Å²) in [5.74, 6) is -5.80. The highest BCUT2D eigenvalue weighted by Gasteiger charge is 2.61. The summed E-state index contributed by atoms with van der Waals surface area (Å²) in [5, 5.41) is 8.93. The van der Waals surface area contributed by atoms with E-state index in [0.29, 0.717) is 25.0 Å². The van der Waals surface area contributed by atoms with E-state index in [2.05, 4.69) is 4.98 Å². The van der Waals surface area contributed by atoms with Crippen molar-refractivity contribution >= 4 is 46.4 Å². The van der Waals surface area contributed by atoms with E-state index in [4.69, 9.17) is 17.0 Å². The fraction of sp³-hybridized carbons (Fsp3) is 0.500. The fourth-order valence-electron chi connectivity index (χ4n) is 5.07. The van der Waals surface area contributed by atoms with E-state index in [-0.39, 0.29) is 48.2 Å². The molecule has 2 aliphatic rings. The number of nitrogens with zero attached hydrogens (tertiary/aromatic N) is 4. The van der Waals surface area contributed by atoms with E-state index in [9.17, 15) is 45.2 Å². The van der Waals surface area contributed by atoms with Gasteiger partial charge in [0.1, 0.15) is 17.2 Å². The molecule has 1 aromatic heterocycles. The minimum atomic E-state index is -5.57. The number of hydrogen-bond acceptors (Lipinski definition) is 6. The molecule has 1 saturated heterocycles. The van der Waals surface area contributed by atoms with Gasteiger partial charge in [-0.15, -0.1) is 0 Å². The lowest BCUT2D eigenvalue weighted by Crippen LogP contribution is -2.55. The number of ether oxygens (including phenoxy) is 1. The Morgan fingerprint density at radius 2 is 1.73 bits per heavy atom. The molecule has 244 valence electrons. The van der Waals surface area contributed by atoms with Crippen molar-refractivity contribution in [3.63, 3.8) is 0 Å². The maximum atomic E-state index is 15.1. The molecule has 4 rings (SSSR count). The Balaban J connectivity index is 1.38. The second-order valence-corrected chi connectivity index (χ2v) is 12.0. The van der Waals surface area contributed by atoms with Crippen LogP contribution in [0.5, 0.6) is 5.75 Å². The number of nitriles is 1. The van der Waals surface area contributed by atoms with Crippen LogP contribution in [-0.4, -0.2) is 51.8 Å². The van der Waals surface area contributed by atoms with Crippen LogP contribution in [0.3, 0.4) is 0 Å². The Morgan fingerprint density at radius 3 is 2.31 bits per heavy atom. The van der Waals surface area contributed by atoms with Crippen LogP contribution in [0.1, 0.15) is 56.2 Å². The number of aromatic nitrogens is 1. The maximum absolute atomic E-state index is 15.1. The zero-order valence-electron chi connectivity index (χ0n) is 23.3. The molecule has 0 atom stereocenters. The van der Waals surface area contributed by atoms with Crippen molar-refractivity contribution in [3.05, 3.63) is 47.5 Å². The highest BCUT2D eigenvalue weighted by Crippen LogP contribution is 2.50. The number of thioether (sulfide) groups is 1. The number of amides is 1. The normalized spacial score (nSPS) is 16.7. The lowest BCUT2D eigenvalue weighted by atomic mass is 9.75. The van der Waals surface area contributed by atoms with Crippen molar-refractivity contribution in [3.8, 4) is 11.8 Å². The molecule has 45 heavy (non-hydrogen) atoms. The van der Waals surface area contributed by atoms with Gasteiger partial charge in [-0.1, -0.05) is 0 Å². The molecule has 1 amide bonds. The van der Waals surface area contributed by atoms with Gasteiger partial charge in [-0.25, -0.2) is 9.37 Å². The lowest BCUT2D eigenvalue weighted by Gasteiger charge is -2.43. The van der Waals surface area contributed by atoms with Gasteiger partial charge in [-0.2, -0.15) is 52.1 Å². The predicted octanol–water partition coefficient (Wildman–Crippen LogP) is 8.04. The van der Waals surface area contributed by atoms with Crippen molar-refractivity contribution in [2.45, 2.75) is 68.8 Å². The number of benzene rings is 1. The van der Waals surface area contributed by atoms with Crippen LogP contribution in [0, 0.1) is 17.1 Å². The standard InChI is InChI=1S/C28H25F9N4O2S2/c29-18-15-17(5-6-21(18)43-12-1-2-13-45-14-4-10-26(30,31)28(35,36)37)41-24(44)40(23(42)25(41)8-3-9-25)20-7-11-39-19(16-38)22(20)27(32,33)34/h5-7,11,15H,1-4,8-10,12-14H2. The number of carbonyl (C=O) groups excluding carboxylic acids is 1. The highest BCUT2D eigenvalue weighted by atomic mass is 32.2. The van der Waals surface area contributed by atoms with Gasteiger partial charge in [0.25, 0.3) is 5.91 Å². The van der Waals surface area contributed by atoms with Crippen LogP contribution in [-0.2, 0) is 11.0 Å². The van der Waals surface area contributed by atoms with Crippen molar-refractivity contribution in [1.29, 1.82) is 5.26 Å². The molecule has 1 saturated carbocycles. The van der Waals surface area contributed by atoms with Gasteiger partial charge < -0.3 is 9.64 Å². The topological polar surface area (TPSA) is 69.5 Å². The van der Waals surface area contributed by atoms with E-state index >= 15 is 4.39 Å². The third-order valence-corrected chi connectivity index (χ3v) is 8.98. The third-order valence-electron chi connectivity index (χ3n) is 7.46. The van der Waals surface area contributed by atoms with Gasteiger partial charge in [-0.3, -0.25) is 9.69 Å². The summed E-state index contributed by atoms with van der Waals surface area (Å²) in [6.45, 7) is 0.0742. The van der Waals surface area contributed by atoms with Crippen LogP contribution >= 0.6 is 24.0 Å². The van der Waals surface area contributed by atoms with Gasteiger partial charge in [0, 0.05) is 24.4 Å². The molecule has 0 unspecified atom stereocenters. The molecular weight excluding hydrogens is 659 g/mol. The van der Waals surface area contributed by atoms with Crippen LogP contribution in [0.4, 0.5) is 50.9 Å². The molecule has 2 aromatic rings. The minimum Gasteiger partial charge on any atom is -0.491 e. The van der Waals surface area contributed by atoms with Crippen molar-refractivity contribution < 1.29 is 49.0 Å². The molecule has 1 spiro atoms. The number of carbonyl (C=O) groups is 1. The number of alkyl halides is 8. The van der Waals surface area contributed by atoms with Crippen LogP contribution in [0.15, 0.2) is 30.5 Å². The molecule has 6 nitrogen and oxygen atoms in total. The number of thiocarbonyl (C=S) groups is 1. The molecule has 2 heterocycles. The first-order valence-corrected chi connectivity index (χ1v) is 15.2. The maximum Gasteiger partial charge on any atom is 0.453 e. The average molecular weight is 685 g/mol. The molecule has 1 aromatic carbocycles. The summed E-state index contributed by atoms with van der Waals surface area (Å²) in [4.78, 5) is 19.2.